The van der Waals surface area contributed by atoms with Crippen LogP contribution in [-0.4, -0.2) is 5.11 Å². The number of hydrogen-bond donors (Lipinski definition) is 3. The van der Waals surface area contributed by atoms with E-state index in [0.29, 0.717) is 6.54 Å². The number of benzene rings is 3. The van der Waals surface area contributed by atoms with Crippen molar-refractivity contribution in [3.05, 3.63) is 90.0 Å². The Morgan fingerprint density at radius 3 is 1.87 bits per heavy atom. The molecule has 3 aromatic carbocycles. The highest BCUT2D eigenvalue weighted by molar-refractivity contribution is 5.62. The molecule has 116 valence electrons. The number of para-hydroxylation sites is 1. The van der Waals surface area contributed by atoms with Gasteiger partial charge in [-0.1, -0.05) is 42.5 Å². The minimum atomic E-state index is 0.0672. The summed E-state index contributed by atoms with van der Waals surface area (Å²) in [5, 5.41) is 16.1. The molecule has 0 heterocycles. The molecule has 3 nitrogen and oxygen atoms in total. The molecule has 0 aliphatic heterocycles. The first kappa shape index (κ1) is 15.1. The van der Waals surface area contributed by atoms with Gasteiger partial charge in [-0.2, -0.15) is 0 Å². The van der Waals surface area contributed by atoms with E-state index in [2.05, 4.69) is 10.6 Å². The van der Waals surface area contributed by atoms with Crippen LogP contribution in [0.5, 0.6) is 0 Å². The predicted molar refractivity (Wildman–Crippen MR) is 95.9 cm³/mol. The summed E-state index contributed by atoms with van der Waals surface area (Å²) >= 11 is 0. The highest BCUT2D eigenvalue weighted by Crippen LogP contribution is 2.19. The fraction of sp³-hybridized carbons (Fsp3) is 0.100. The van der Waals surface area contributed by atoms with Crippen LogP contribution in [0.15, 0.2) is 78.9 Å². The van der Waals surface area contributed by atoms with Gasteiger partial charge in [0.15, 0.2) is 0 Å². The quantitative estimate of drug-likeness (QED) is 0.626. The fourth-order valence-electron chi connectivity index (χ4n) is 2.44. The monoisotopic (exact) mass is 304 g/mol. The van der Waals surface area contributed by atoms with Crippen LogP contribution in [0, 0.1) is 0 Å². The van der Waals surface area contributed by atoms with Gasteiger partial charge in [-0.3, -0.25) is 0 Å². The zero-order valence-corrected chi connectivity index (χ0v) is 12.9. The number of rotatable bonds is 6. The van der Waals surface area contributed by atoms with Gasteiger partial charge in [-0.05, 0) is 47.5 Å². The van der Waals surface area contributed by atoms with E-state index in [1.807, 2.05) is 78.9 Å². The molecule has 0 aliphatic carbocycles. The average molecular weight is 304 g/mol. The minimum absolute atomic E-state index is 0.0672. The molecule has 0 saturated heterocycles. The number of aliphatic hydroxyl groups is 1. The van der Waals surface area contributed by atoms with Gasteiger partial charge in [0.2, 0.25) is 0 Å². The second-order valence-electron chi connectivity index (χ2n) is 5.35. The summed E-state index contributed by atoms with van der Waals surface area (Å²) in [5.74, 6) is 0. The highest BCUT2D eigenvalue weighted by atomic mass is 16.3. The summed E-state index contributed by atoms with van der Waals surface area (Å²) in [6.07, 6.45) is 0. The Balaban J connectivity index is 1.61. The maximum atomic E-state index is 9.36. The molecule has 0 amide bonds. The predicted octanol–water partition coefficient (Wildman–Crippen LogP) is 4.53. The topological polar surface area (TPSA) is 44.3 Å². The first-order chi connectivity index (χ1) is 11.3. The Morgan fingerprint density at radius 1 is 0.609 bits per heavy atom. The van der Waals surface area contributed by atoms with Crippen molar-refractivity contribution in [2.24, 2.45) is 0 Å². The maximum Gasteiger partial charge on any atom is 0.0685 e. The van der Waals surface area contributed by atoms with Crippen molar-refractivity contribution in [3.63, 3.8) is 0 Å². The molecule has 0 bridgehead atoms. The van der Waals surface area contributed by atoms with Crippen molar-refractivity contribution >= 4 is 17.1 Å². The van der Waals surface area contributed by atoms with Crippen LogP contribution in [0.1, 0.15) is 11.1 Å². The van der Waals surface area contributed by atoms with Gasteiger partial charge in [0.1, 0.15) is 0 Å². The van der Waals surface area contributed by atoms with Crippen LogP contribution < -0.4 is 10.6 Å². The minimum Gasteiger partial charge on any atom is -0.392 e. The second kappa shape index (κ2) is 7.47. The molecule has 0 saturated carbocycles. The van der Waals surface area contributed by atoms with E-state index in [1.54, 1.807) is 0 Å². The molecule has 3 aromatic rings. The van der Waals surface area contributed by atoms with E-state index >= 15 is 0 Å². The van der Waals surface area contributed by atoms with E-state index in [-0.39, 0.29) is 6.61 Å². The zero-order valence-electron chi connectivity index (χ0n) is 12.9. The summed E-state index contributed by atoms with van der Waals surface area (Å²) in [5.41, 5.74) is 5.25. The highest BCUT2D eigenvalue weighted by Gasteiger charge is 2.01. The maximum absolute atomic E-state index is 9.36. The molecular formula is C20H20N2O. The standard InChI is InChI=1S/C20H20N2O/c23-15-17-7-5-4-6-16(17)14-21-18-10-12-20(13-11-18)22-19-8-2-1-3-9-19/h1-13,21-23H,14-15H2. The van der Waals surface area contributed by atoms with Crippen molar-refractivity contribution in [2.75, 3.05) is 10.6 Å². The summed E-state index contributed by atoms with van der Waals surface area (Å²) in [6, 6.07) is 26.2. The lowest BCUT2D eigenvalue weighted by atomic mass is 10.1. The molecule has 0 atom stereocenters. The summed E-state index contributed by atoms with van der Waals surface area (Å²) in [6.45, 7) is 0.764. The van der Waals surface area contributed by atoms with E-state index < -0.39 is 0 Å². The van der Waals surface area contributed by atoms with Gasteiger partial charge in [-0.15, -0.1) is 0 Å². The van der Waals surface area contributed by atoms with E-state index in [4.69, 9.17) is 0 Å². The molecule has 0 unspecified atom stereocenters. The van der Waals surface area contributed by atoms with Crippen LogP contribution in [0.3, 0.4) is 0 Å². The number of nitrogens with one attached hydrogen (secondary N) is 2. The van der Waals surface area contributed by atoms with Crippen LogP contribution in [-0.2, 0) is 13.2 Å². The van der Waals surface area contributed by atoms with Crippen LogP contribution in [0.25, 0.3) is 0 Å². The number of anilines is 3. The lowest BCUT2D eigenvalue weighted by Gasteiger charge is -2.11. The lowest BCUT2D eigenvalue weighted by molar-refractivity contribution is 0.280. The van der Waals surface area contributed by atoms with Gasteiger partial charge in [0.05, 0.1) is 6.61 Å². The molecule has 0 aromatic heterocycles. The summed E-state index contributed by atoms with van der Waals surface area (Å²) in [7, 11) is 0. The van der Waals surface area contributed by atoms with Gasteiger partial charge in [0, 0.05) is 23.6 Å². The summed E-state index contributed by atoms with van der Waals surface area (Å²) in [4.78, 5) is 0. The van der Waals surface area contributed by atoms with Crippen molar-refractivity contribution in [1.82, 2.24) is 0 Å². The number of aliphatic hydroxyl groups excluding tert-OH is 1. The van der Waals surface area contributed by atoms with Crippen LogP contribution in [0.2, 0.25) is 0 Å². The van der Waals surface area contributed by atoms with Crippen molar-refractivity contribution in [3.8, 4) is 0 Å². The molecule has 3 N–H and O–H groups in total. The smallest absolute Gasteiger partial charge is 0.0685 e. The van der Waals surface area contributed by atoms with E-state index in [9.17, 15) is 5.11 Å². The summed E-state index contributed by atoms with van der Waals surface area (Å²) < 4.78 is 0. The third-order valence-corrected chi connectivity index (χ3v) is 3.72. The molecular weight excluding hydrogens is 284 g/mol. The Bertz CT molecular complexity index is 739. The third-order valence-electron chi connectivity index (χ3n) is 3.72. The Hall–Kier alpha value is -2.78. The van der Waals surface area contributed by atoms with Crippen molar-refractivity contribution in [2.45, 2.75) is 13.2 Å². The van der Waals surface area contributed by atoms with Crippen molar-refractivity contribution < 1.29 is 5.11 Å². The Kier molecular flexibility index (Phi) is 4.92. The normalized spacial score (nSPS) is 10.3. The van der Waals surface area contributed by atoms with Gasteiger partial charge < -0.3 is 15.7 Å². The van der Waals surface area contributed by atoms with E-state index in [1.165, 1.54) is 0 Å². The van der Waals surface area contributed by atoms with Crippen molar-refractivity contribution in [1.29, 1.82) is 0 Å². The van der Waals surface area contributed by atoms with Crippen LogP contribution in [0.4, 0.5) is 17.1 Å². The molecule has 0 aliphatic rings. The molecule has 3 heteroatoms. The average Bonchev–Trinajstić information content (AvgIpc) is 2.62. The van der Waals surface area contributed by atoms with Crippen LogP contribution >= 0.6 is 0 Å². The fourth-order valence-corrected chi connectivity index (χ4v) is 2.44. The zero-order chi connectivity index (χ0) is 15.9. The first-order valence-electron chi connectivity index (χ1n) is 7.69. The molecule has 23 heavy (non-hydrogen) atoms. The lowest BCUT2D eigenvalue weighted by Crippen LogP contribution is -2.03. The third kappa shape index (κ3) is 4.11. The molecule has 3 rings (SSSR count). The second-order valence-corrected chi connectivity index (χ2v) is 5.35. The van der Waals surface area contributed by atoms with E-state index in [0.717, 1.165) is 28.2 Å². The Morgan fingerprint density at radius 2 is 1.17 bits per heavy atom. The van der Waals surface area contributed by atoms with Gasteiger partial charge >= 0.3 is 0 Å². The van der Waals surface area contributed by atoms with Gasteiger partial charge in [-0.25, -0.2) is 0 Å². The SMILES string of the molecule is OCc1ccccc1CNc1ccc(Nc2ccccc2)cc1. The molecule has 0 spiro atoms. The van der Waals surface area contributed by atoms with Gasteiger partial charge in [0.25, 0.3) is 0 Å². The number of hydrogen-bond acceptors (Lipinski definition) is 3. The molecule has 0 fully saturated rings. The Labute approximate surface area is 136 Å². The largest absolute Gasteiger partial charge is 0.392 e. The first-order valence-corrected chi connectivity index (χ1v) is 7.69. The molecule has 0 radical (unpaired) electrons.